The molecule has 0 aromatic rings. The Bertz CT molecular complexity index is 481. The van der Waals surface area contributed by atoms with Crippen LogP contribution in [0.15, 0.2) is 0 Å². The first-order valence-electron chi connectivity index (χ1n) is 7.18. The second-order valence-corrected chi connectivity index (χ2v) is 6.49. The van der Waals surface area contributed by atoms with E-state index in [4.69, 9.17) is 15.3 Å². The second-order valence-electron chi connectivity index (χ2n) is 6.49. The van der Waals surface area contributed by atoms with Gasteiger partial charge in [-0.2, -0.15) is 0 Å². The molecule has 0 amide bonds. The minimum absolute atomic E-state index is 0.0474. The molecule has 0 fully saturated rings. The quantitative estimate of drug-likeness (QED) is 0.345. The molecule has 0 radical (unpaired) electrons. The number of rotatable bonds is 8. The Labute approximate surface area is 135 Å². The highest BCUT2D eigenvalue weighted by Crippen LogP contribution is 2.21. The van der Waals surface area contributed by atoms with Crippen molar-refractivity contribution in [3.05, 3.63) is 0 Å². The molecule has 2 atom stereocenters. The van der Waals surface area contributed by atoms with Gasteiger partial charge >= 0.3 is 17.9 Å². The van der Waals surface area contributed by atoms with E-state index in [9.17, 15) is 19.5 Å². The Balaban J connectivity index is 4.63. The van der Waals surface area contributed by atoms with E-state index in [0.717, 1.165) is 7.11 Å². The minimum atomic E-state index is -2.63. The van der Waals surface area contributed by atoms with Gasteiger partial charge in [-0.1, -0.05) is 6.92 Å². The molecule has 0 spiro atoms. The van der Waals surface area contributed by atoms with Crippen LogP contribution >= 0.6 is 0 Å². The van der Waals surface area contributed by atoms with Crippen molar-refractivity contribution in [2.45, 2.75) is 58.2 Å². The third-order valence-corrected chi connectivity index (χ3v) is 3.07. The minimum Gasteiger partial charge on any atom is -0.479 e. The van der Waals surface area contributed by atoms with Crippen LogP contribution in [-0.4, -0.2) is 52.1 Å². The lowest BCUT2D eigenvalue weighted by Crippen LogP contribution is -2.47. The molecule has 0 bridgehead atoms. The standard InChI is InChI=1S/C15H25NO7/c1-9(8-10(16)11(17)23-14(2,3)4)6-7-15(21,12(18)19)13(20)22-5/h9,16,21H,6-8H2,1-5H3,(H,18,19)/t9?,15-/m0/s1. The molecule has 23 heavy (non-hydrogen) atoms. The van der Waals surface area contributed by atoms with E-state index in [-0.39, 0.29) is 30.9 Å². The van der Waals surface area contributed by atoms with Gasteiger partial charge in [-0.15, -0.1) is 0 Å². The summed E-state index contributed by atoms with van der Waals surface area (Å²) in [6.45, 7) is 6.74. The average Bonchev–Trinajstić information content (AvgIpc) is 2.41. The van der Waals surface area contributed by atoms with E-state index in [0.29, 0.717) is 0 Å². The molecule has 0 aliphatic heterocycles. The van der Waals surface area contributed by atoms with Gasteiger partial charge < -0.3 is 19.7 Å². The Morgan fingerprint density at radius 2 is 1.74 bits per heavy atom. The molecule has 8 nitrogen and oxygen atoms in total. The number of ether oxygens (including phenoxy) is 2. The zero-order valence-electron chi connectivity index (χ0n) is 14.1. The van der Waals surface area contributed by atoms with Gasteiger partial charge in [0.25, 0.3) is 5.60 Å². The lowest BCUT2D eigenvalue weighted by atomic mass is 9.90. The largest absolute Gasteiger partial charge is 0.479 e. The fraction of sp³-hybridized carbons (Fsp3) is 0.733. The van der Waals surface area contributed by atoms with E-state index in [1.165, 1.54) is 0 Å². The molecular weight excluding hydrogens is 306 g/mol. The zero-order chi connectivity index (χ0) is 18.4. The monoisotopic (exact) mass is 331 g/mol. The van der Waals surface area contributed by atoms with Crippen LogP contribution in [0, 0.1) is 11.3 Å². The number of hydrogen-bond donors (Lipinski definition) is 3. The molecule has 1 unspecified atom stereocenters. The van der Waals surface area contributed by atoms with Crippen molar-refractivity contribution in [2.24, 2.45) is 5.92 Å². The van der Waals surface area contributed by atoms with E-state index in [2.05, 4.69) is 4.74 Å². The van der Waals surface area contributed by atoms with Crippen LogP contribution < -0.4 is 0 Å². The van der Waals surface area contributed by atoms with Crippen LogP contribution in [-0.2, 0) is 23.9 Å². The molecule has 0 heterocycles. The molecule has 0 aromatic heterocycles. The lowest BCUT2D eigenvalue weighted by Gasteiger charge is -2.23. The van der Waals surface area contributed by atoms with Crippen molar-refractivity contribution in [2.75, 3.05) is 7.11 Å². The topological polar surface area (TPSA) is 134 Å². The number of carboxylic acids is 1. The number of nitrogens with one attached hydrogen (secondary N) is 1. The fourth-order valence-electron chi connectivity index (χ4n) is 1.79. The maximum absolute atomic E-state index is 11.7. The van der Waals surface area contributed by atoms with Gasteiger partial charge in [0.1, 0.15) is 11.3 Å². The molecule has 0 aliphatic rings. The van der Waals surface area contributed by atoms with Crippen molar-refractivity contribution >= 4 is 23.6 Å². The second kappa shape index (κ2) is 8.05. The number of methoxy groups -OCH3 is 1. The molecule has 0 saturated carbocycles. The maximum atomic E-state index is 11.7. The Hall–Kier alpha value is -1.96. The molecule has 0 rings (SSSR count). The molecule has 0 aliphatic carbocycles. The highest BCUT2D eigenvalue weighted by molar-refractivity contribution is 6.35. The van der Waals surface area contributed by atoms with Crippen molar-refractivity contribution < 1.29 is 34.1 Å². The smallest absolute Gasteiger partial charge is 0.352 e. The summed E-state index contributed by atoms with van der Waals surface area (Å²) in [5.41, 5.74) is -3.58. The maximum Gasteiger partial charge on any atom is 0.352 e. The van der Waals surface area contributed by atoms with Crippen LogP contribution in [0.4, 0.5) is 0 Å². The first-order chi connectivity index (χ1) is 10.3. The lowest BCUT2D eigenvalue weighted by molar-refractivity contribution is -0.179. The number of hydrogen-bond acceptors (Lipinski definition) is 7. The highest BCUT2D eigenvalue weighted by atomic mass is 16.6. The Kier molecular flexibility index (Phi) is 7.36. The van der Waals surface area contributed by atoms with Crippen LogP contribution in [0.5, 0.6) is 0 Å². The normalized spacial score (nSPS) is 15.2. The van der Waals surface area contributed by atoms with Gasteiger partial charge in [0, 0.05) is 0 Å². The van der Waals surface area contributed by atoms with Crippen LogP contribution in [0.2, 0.25) is 0 Å². The van der Waals surface area contributed by atoms with E-state index in [1.54, 1.807) is 27.7 Å². The third-order valence-electron chi connectivity index (χ3n) is 3.07. The SMILES string of the molecule is COC(=O)[C@](O)(CCC(C)CC(=N)C(=O)OC(C)(C)C)C(=O)O. The highest BCUT2D eigenvalue weighted by Gasteiger charge is 2.45. The first kappa shape index (κ1) is 21.0. The fourth-order valence-corrected chi connectivity index (χ4v) is 1.79. The van der Waals surface area contributed by atoms with Crippen molar-refractivity contribution in [3.63, 3.8) is 0 Å². The van der Waals surface area contributed by atoms with Gasteiger partial charge in [-0.25, -0.2) is 14.4 Å². The van der Waals surface area contributed by atoms with Gasteiger partial charge in [-0.3, -0.25) is 5.41 Å². The van der Waals surface area contributed by atoms with Gasteiger partial charge in [0.15, 0.2) is 0 Å². The van der Waals surface area contributed by atoms with Crippen LogP contribution in [0.1, 0.15) is 47.0 Å². The van der Waals surface area contributed by atoms with E-state index < -0.39 is 29.1 Å². The summed E-state index contributed by atoms with van der Waals surface area (Å²) in [4.78, 5) is 34.2. The molecular formula is C15H25NO7. The number of aliphatic carboxylic acids is 1. The van der Waals surface area contributed by atoms with Crippen molar-refractivity contribution in [1.82, 2.24) is 0 Å². The van der Waals surface area contributed by atoms with E-state index in [1.807, 2.05) is 0 Å². The summed E-state index contributed by atoms with van der Waals surface area (Å²) >= 11 is 0. The van der Waals surface area contributed by atoms with Gasteiger partial charge in [0.05, 0.1) is 7.11 Å². The number of carbonyl (C=O) groups is 3. The summed E-state index contributed by atoms with van der Waals surface area (Å²) in [7, 11) is 0.984. The molecule has 8 heteroatoms. The average molecular weight is 331 g/mol. The van der Waals surface area contributed by atoms with Crippen LogP contribution in [0.25, 0.3) is 0 Å². The van der Waals surface area contributed by atoms with Crippen LogP contribution in [0.3, 0.4) is 0 Å². The summed E-state index contributed by atoms with van der Waals surface area (Å²) in [6.07, 6.45) is -0.216. The van der Waals surface area contributed by atoms with E-state index >= 15 is 0 Å². The summed E-state index contributed by atoms with van der Waals surface area (Å²) in [5.74, 6) is -3.99. The van der Waals surface area contributed by atoms with Crippen molar-refractivity contribution in [3.8, 4) is 0 Å². The predicted octanol–water partition coefficient (Wildman–Crippen LogP) is 1.14. The molecule has 3 N–H and O–H groups in total. The van der Waals surface area contributed by atoms with Gasteiger partial charge in [0.2, 0.25) is 0 Å². The predicted molar refractivity (Wildman–Crippen MR) is 81.2 cm³/mol. The number of esters is 2. The molecule has 132 valence electrons. The number of carbonyl (C=O) groups excluding carboxylic acids is 2. The summed E-state index contributed by atoms with van der Waals surface area (Å²) < 4.78 is 9.36. The first-order valence-corrected chi connectivity index (χ1v) is 7.18. The number of aliphatic hydroxyl groups is 1. The number of carboxylic acid groups (broad SMARTS) is 1. The van der Waals surface area contributed by atoms with Crippen molar-refractivity contribution in [1.29, 1.82) is 5.41 Å². The Morgan fingerprint density at radius 3 is 2.13 bits per heavy atom. The Morgan fingerprint density at radius 1 is 1.22 bits per heavy atom. The molecule has 0 saturated heterocycles. The summed E-state index contributed by atoms with van der Waals surface area (Å²) in [5, 5.41) is 26.6. The zero-order valence-corrected chi connectivity index (χ0v) is 14.1. The van der Waals surface area contributed by atoms with Gasteiger partial charge in [-0.05, 0) is 46.0 Å². The molecule has 0 aromatic carbocycles. The third kappa shape index (κ3) is 6.77. The summed E-state index contributed by atoms with van der Waals surface area (Å²) in [6, 6.07) is 0.